The Labute approximate surface area is 97.5 Å². The van der Waals surface area contributed by atoms with Crippen LogP contribution in [-0.2, 0) is 0 Å². The van der Waals surface area contributed by atoms with Gasteiger partial charge in [-0.25, -0.2) is 0 Å². The molecule has 17 heavy (non-hydrogen) atoms. The number of hydrogen-bond donors (Lipinski definition) is 2. The van der Waals surface area contributed by atoms with Crippen LogP contribution in [0.3, 0.4) is 0 Å². The van der Waals surface area contributed by atoms with Gasteiger partial charge in [0.1, 0.15) is 6.10 Å². The van der Waals surface area contributed by atoms with Crippen molar-refractivity contribution >= 4 is 0 Å². The van der Waals surface area contributed by atoms with Gasteiger partial charge in [0, 0.05) is 11.6 Å². The van der Waals surface area contributed by atoms with E-state index in [9.17, 15) is 10.2 Å². The quantitative estimate of drug-likeness (QED) is 0.774. The summed E-state index contributed by atoms with van der Waals surface area (Å²) < 4.78 is 4.97. The second-order valence-electron chi connectivity index (χ2n) is 3.52. The molecule has 0 radical (unpaired) electrons. The predicted molar refractivity (Wildman–Crippen MR) is 58.5 cm³/mol. The topological polar surface area (TPSA) is 90.3 Å². The van der Waals surface area contributed by atoms with E-state index < -0.39 is 12.2 Å². The summed E-state index contributed by atoms with van der Waals surface area (Å²) in [6.45, 7) is 0. The summed E-state index contributed by atoms with van der Waals surface area (Å²) in [4.78, 5) is 0. The summed E-state index contributed by atoms with van der Waals surface area (Å²) in [5.41, 5.74) is 1.28. The SMILES string of the molecule is N#CC(O)C(O)c1ccc(-c2ccno2)cc1. The minimum absolute atomic E-state index is 0.474. The monoisotopic (exact) mass is 230 g/mol. The van der Waals surface area contributed by atoms with Crippen LogP contribution in [0.4, 0.5) is 0 Å². The molecule has 1 aromatic heterocycles. The Kier molecular flexibility index (Phi) is 3.19. The molecule has 2 aromatic rings. The van der Waals surface area contributed by atoms with Crippen LogP contribution in [0, 0.1) is 11.3 Å². The Balaban J connectivity index is 2.22. The molecule has 0 bridgehead atoms. The molecule has 0 saturated carbocycles. The van der Waals surface area contributed by atoms with Gasteiger partial charge in [0.25, 0.3) is 0 Å². The molecule has 0 aliphatic carbocycles. The average molecular weight is 230 g/mol. The molecule has 5 heteroatoms. The lowest BCUT2D eigenvalue weighted by molar-refractivity contribution is 0.0528. The lowest BCUT2D eigenvalue weighted by Gasteiger charge is -2.11. The van der Waals surface area contributed by atoms with E-state index in [0.29, 0.717) is 11.3 Å². The van der Waals surface area contributed by atoms with Crippen molar-refractivity contribution in [2.75, 3.05) is 0 Å². The maximum Gasteiger partial charge on any atom is 0.170 e. The molecule has 0 aliphatic heterocycles. The first-order chi connectivity index (χ1) is 8.22. The fraction of sp³-hybridized carbons (Fsp3) is 0.167. The minimum Gasteiger partial charge on any atom is -0.385 e. The summed E-state index contributed by atoms with van der Waals surface area (Å²) >= 11 is 0. The molecule has 0 aliphatic rings. The van der Waals surface area contributed by atoms with Gasteiger partial charge in [-0.2, -0.15) is 5.26 Å². The first kappa shape index (κ1) is 11.3. The van der Waals surface area contributed by atoms with Gasteiger partial charge >= 0.3 is 0 Å². The van der Waals surface area contributed by atoms with Crippen molar-refractivity contribution < 1.29 is 14.7 Å². The fourth-order valence-corrected chi connectivity index (χ4v) is 1.46. The Morgan fingerprint density at radius 2 is 1.88 bits per heavy atom. The van der Waals surface area contributed by atoms with Gasteiger partial charge in [-0.15, -0.1) is 0 Å². The van der Waals surface area contributed by atoms with E-state index in [0.717, 1.165) is 5.56 Å². The van der Waals surface area contributed by atoms with Crippen LogP contribution in [0.25, 0.3) is 11.3 Å². The van der Waals surface area contributed by atoms with Gasteiger partial charge in [0.2, 0.25) is 0 Å². The highest BCUT2D eigenvalue weighted by Gasteiger charge is 2.17. The fourth-order valence-electron chi connectivity index (χ4n) is 1.46. The summed E-state index contributed by atoms with van der Waals surface area (Å²) in [7, 11) is 0. The van der Waals surface area contributed by atoms with Crippen LogP contribution >= 0.6 is 0 Å². The summed E-state index contributed by atoms with van der Waals surface area (Å²) in [5, 5.41) is 30.9. The zero-order chi connectivity index (χ0) is 12.3. The molecule has 1 heterocycles. The third-order valence-electron chi connectivity index (χ3n) is 2.41. The van der Waals surface area contributed by atoms with Crippen LogP contribution in [0.5, 0.6) is 0 Å². The second-order valence-corrected chi connectivity index (χ2v) is 3.52. The summed E-state index contributed by atoms with van der Waals surface area (Å²) in [6.07, 6.45) is -1.09. The number of nitriles is 1. The molecular weight excluding hydrogens is 220 g/mol. The zero-order valence-corrected chi connectivity index (χ0v) is 8.82. The van der Waals surface area contributed by atoms with Crippen molar-refractivity contribution in [2.45, 2.75) is 12.2 Å². The average Bonchev–Trinajstić information content (AvgIpc) is 2.91. The van der Waals surface area contributed by atoms with E-state index in [1.807, 2.05) is 0 Å². The van der Waals surface area contributed by atoms with Gasteiger partial charge < -0.3 is 14.7 Å². The Morgan fingerprint density at radius 1 is 1.18 bits per heavy atom. The molecule has 1 aromatic carbocycles. The molecule has 0 saturated heterocycles. The number of nitrogens with zero attached hydrogens (tertiary/aromatic N) is 2. The van der Waals surface area contributed by atoms with Crippen LogP contribution in [0.1, 0.15) is 11.7 Å². The van der Waals surface area contributed by atoms with Gasteiger partial charge in [0.15, 0.2) is 11.9 Å². The lowest BCUT2D eigenvalue weighted by atomic mass is 10.0. The molecule has 2 N–H and O–H groups in total. The molecule has 2 unspecified atom stereocenters. The van der Waals surface area contributed by atoms with Crippen molar-refractivity contribution in [3.05, 3.63) is 42.1 Å². The third kappa shape index (κ3) is 2.33. The highest BCUT2D eigenvalue weighted by atomic mass is 16.5. The highest BCUT2D eigenvalue weighted by molar-refractivity contribution is 5.57. The molecule has 0 fully saturated rings. The standard InChI is InChI=1S/C12H10N2O3/c13-7-10(15)12(16)9-3-1-8(2-4-9)11-5-6-14-17-11/h1-6,10,12,15-16H. The maximum absolute atomic E-state index is 9.60. The van der Waals surface area contributed by atoms with E-state index >= 15 is 0 Å². The van der Waals surface area contributed by atoms with Crippen molar-refractivity contribution in [3.63, 3.8) is 0 Å². The number of hydrogen-bond acceptors (Lipinski definition) is 5. The molecule has 2 atom stereocenters. The molecule has 5 nitrogen and oxygen atoms in total. The smallest absolute Gasteiger partial charge is 0.170 e. The number of aliphatic hydroxyl groups excluding tert-OH is 2. The molecular formula is C12H10N2O3. The van der Waals surface area contributed by atoms with Gasteiger partial charge in [-0.3, -0.25) is 0 Å². The molecule has 0 spiro atoms. The van der Waals surface area contributed by atoms with Crippen LogP contribution in [0.15, 0.2) is 41.1 Å². The van der Waals surface area contributed by atoms with Gasteiger partial charge in [-0.05, 0) is 5.56 Å². The third-order valence-corrected chi connectivity index (χ3v) is 2.41. The van der Waals surface area contributed by atoms with Crippen LogP contribution in [-0.4, -0.2) is 21.5 Å². The van der Waals surface area contributed by atoms with E-state index in [4.69, 9.17) is 9.78 Å². The first-order valence-corrected chi connectivity index (χ1v) is 4.99. The minimum atomic E-state index is -1.42. The predicted octanol–water partition coefficient (Wildman–Crippen LogP) is 1.26. The van der Waals surface area contributed by atoms with Gasteiger partial charge in [-0.1, -0.05) is 29.4 Å². The van der Waals surface area contributed by atoms with E-state index in [1.54, 1.807) is 36.4 Å². The van der Waals surface area contributed by atoms with Crippen molar-refractivity contribution in [1.82, 2.24) is 5.16 Å². The van der Waals surface area contributed by atoms with E-state index in [2.05, 4.69) is 5.16 Å². The number of aromatic nitrogens is 1. The number of benzene rings is 1. The molecule has 0 amide bonds. The largest absolute Gasteiger partial charge is 0.385 e. The number of rotatable bonds is 3. The Morgan fingerprint density at radius 3 is 2.41 bits per heavy atom. The Bertz CT molecular complexity index is 514. The van der Waals surface area contributed by atoms with Gasteiger partial charge in [0.05, 0.1) is 12.3 Å². The zero-order valence-electron chi connectivity index (χ0n) is 8.82. The maximum atomic E-state index is 9.60. The van der Waals surface area contributed by atoms with Crippen LogP contribution in [0.2, 0.25) is 0 Å². The summed E-state index contributed by atoms with van der Waals surface area (Å²) in [6, 6.07) is 10.0. The summed E-state index contributed by atoms with van der Waals surface area (Å²) in [5.74, 6) is 0.617. The molecule has 2 rings (SSSR count). The van der Waals surface area contributed by atoms with Crippen LogP contribution < -0.4 is 0 Å². The van der Waals surface area contributed by atoms with E-state index in [1.165, 1.54) is 6.20 Å². The lowest BCUT2D eigenvalue weighted by Crippen LogP contribution is -2.15. The number of aliphatic hydroxyl groups is 2. The Hall–Kier alpha value is -2.16. The first-order valence-electron chi connectivity index (χ1n) is 4.99. The van der Waals surface area contributed by atoms with Crippen molar-refractivity contribution in [2.24, 2.45) is 0 Å². The normalized spacial score (nSPS) is 13.9. The van der Waals surface area contributed by atoms with Crippen molar-refractivity contribution in [1.29, 1.82) is 5.26 Å². The van der Waals surface area contributed by atoms with Crippen molar-refractivity contribution in [3.8, 4) is 17.4 Å². The van der Waals surface area contributed by atoms with E-state index in [-0.39, 0.29) is 0 Å². The molecule has 86 valence electrons. The second kappa shape index (κ2) is 4.78. The highest BCUT2D eigenvalue weighted by Crippen LogP contribution is 2.22.